The summed E-state index contributed by atoms with van der Waals surface area (Å²) in [5.74, 6) is 1.04. The third-order valence-corrected chi connectivity index (χ3v) is 9.00. The monoisotopic (exact) mass is 506 g/mol. The predicted octanol–water partition coefficient (Wildman–Crippen LogP) is 7.77. The number of hydrogen-bond acceptors (Lipinski definition) is 2. The van der Waals surface area contributed by atoms with Crippen molar-refractivity contribution in [1.29, 1.82) is 0 Å². The first-order chi connectivity index (χ1) is 18.5. The van der Waals surface area contributed by atoms with E-state index >= 15 is 0 Å². The van der Waals surface area contributed by atoms with Gasteiger partial charge in [0.2, 0.25) is 0 Å². The number of rotatable bonds is 4. The maximum Gasteiger partial charge on any atom is 0.251 e. The van der Waals surface area contributed by atoms with E-state index in [1.807, 2.05) is 17.0 Å². The number of carbonyl (C=O) groups excluding carboxylic acids is 2. The summed E-state index contributed by atoms with van der Waals surface area (Å²) in [6.45, 7) is 7.68. The lowest BCUT2D eigenvalue weighted by molar-refractivity contribution is -0.128. The third-order valence-electron chi connectivity index (χ3n) is 9.00. The van der Waals surface area contributed by atoms with Gasteiger partial charge >= 0.3 is 0 Å². The van der Waals surface area contributed by atoms with Crippen LogP contribution < -0.4 is 0 Å². The standard InChI is InChI=1S/C34H38N2O2/c1-3-24-11-10-18-35(21-24)34(38)28-19-27-14-8-9-15-29(27)33-32(25-12-6-4-5-7-13-25)30-17-16-26(23(2)37)20-31(30)36(33)22-28/h3,8-9,14-17,19-20,24-25H,1,4-7,10-13,18,21-22H2,2H3. The highest BCUT2D eigenvalue weighted by molar-refractivity contribution is 6.04. The number of hydrogen-bond donors (Lipinski definition) is 0. The minimum absolute atomic E-state index is 0.0723. The van der Waals surface area contributed by atoms with Gasteiger partial charge in [-0.05, 0) is 67.7 Å². The zero-order valence-electron chi connectivity index (χ0n) is 22.5. The molecule has 4 nitrogen and oxygen atoms in total. The lowest BCUT2D eigenvalue weighted by atomic mass is 9.86. The Hall–Kier alpha value is -3.40. The first kappa shape index (κ1) is 24.9. The first-order valence-electron chi connectivity index (χ1n) is 14.4. The van der Waals surface area contributed by atoms with Crippen LogP contribution in [0, 0.1) is 5.92 Å². The van der Waals surface area contributed by atoms with Crippen molar-refractivity contribution < 1.29 is 9.59 Å². The van der Waals surface area contributed by atoms with Crippen molar-refractivity contribution in [1.82, 2.24) is 9.47 Å². The molecule has 2 aliphatic heterocycles. The van der Waals surface area contributed by atoms with Crippen LogP contribution in [0.5, 0.6) is 0 Å². The molecule has 1 amide bonds. The number of aromatic nitrogens is 1. The fraction of sp³-hybridized carbons (Fsp3) is 0.412. The number of benzene rings is 2. The van der Waals surface area contributed by atoms with Crippen molar-refractivity contribution >= 4 is 28.7 Å². The van der Waals surface area contributed by atoms with Crippen molar-refractivity contribution in [3.63, 3.8) is 0 Å². The van der Waals surface area contributed by atoms with Crippen LogP contribution in [0.4, 0.5) is 0 Å². The Kier molecular flexibility index (Phi) is 6.82. The maximum atomic E-state index is 14.0. The summed E-state index contributed by atoms with van der Waals surface area (Å²) in [6, 6.07) is 14.8. The molecule has 0 radical (unpaired) electrons. The molecule has 1 saturated carbocycles. The normalized spacial score (nSPS) is 20.2. The second-order valence-corrected chi connectivity index (χ2v) is 11.5. The zero-order chi connectivity index (χ0) is 26.2. The molecule has 0 bridgehead atoms. The van der Waals surface area contributed by atoms with Gasteiger partial charge < -0.3 is 9.47 Å². The quantitative estimate of drug-likeness (QED) is 0.206. The lowest BCUT2D eigenvalue weighted by Gasteiger charge is -2.32. The molecule has 1 unspecified atom stereocenters. The lowest BCUT2D eigenvalue weighted by Crippen LogP contribution is -2.40. The van der Waals surface area contributed by atoms with Crippen LogP contribution in [0.1, 0.15) is 85.7 Å². The molecule has 4 heteroatoms. The average molecular weight is 507 g/mol. The fourth-order valence-electron chi connectivity index (χ4n) is 6.99. The molecule has 1 aromatic heterocycles. The molecular weight excluding hydrogens is 468 g/mol. The van der Waals surface area contributed by atoms with Gasteiger partial charge in [0.25, 0.3) is 5.91 Å². The van der Waals surface area contributed by atoms with Crippen molar-refractivity contribution in [2.45, 2.75) is 70.8 Å². The highest BCUT2D eigenvalue weighted by Gasteiger charge is 2.31. The second-order valence-electron chi connectivity index (χ2n) is 11.5. The summed E-state index contributed by atoms with van der Waals surface area (Å²) in [5, 5.41) is 1.24. The number of fused-ring (bicyclic) bond motifs is 5. The summed E-state index contributed by atoms with van der Waals surface area (Å²) < 4.78 is 2.35. The molecule has 1 aliphatic carbocycles. The summed E-state index contributed by atoms with van der Waals surface area (Å²) in [4.78, 5) is 28.5. The number of amides is 1. The van der Waals surface area contributed by atoms with Crippen molar-refractivity contribution in [2.24, 2.45) is 5.92 Å². The van der Waals surface area contributed by atoms with E-state index in [0.717, 1.165) is 48.1 Å². The molecule has 6 rings (SSSR count). The van der Waals surface area contributed by atoms with Crippen molar-refractivity contribution in [3.8, 4) is 11.3 Å². The Bertz CT molecular complexity index is 1430. The third kappa shape index (κ3) is 4.44. The van der Waals surface area contributed by atoms with Gasteiger partial charge in [0, 0.05) is 40.7 Å². The van der Waals surface area contributed by atoms with Gasteiger partial charge in [-0.3, -0.25) is 9.59 Å². The van der Waals surface area contributed by atoms with Crippen LogP contribution >= 0.6 is 0 Å². The van der Waals surface area contributed by atoms with Crippen molar-refractivity contribution in [3.05, 3.63) is 77.4 Å². The molecule has 2 fully saturated rings. The van der Waals surface area contributed by atoms with Crippen LogP contribution in [-0.4, -0.2) is 34.2 Å². The highest BCUT2D eigenvalue weighted by Crippen LogP contribution is 2.46. The SMILES string of the molecule is C=CC1CCCN(C(=O)C2=Cc3ccccc3-c3c(C4CCCCCC4)c4ccc(C(C)=O)cc4n3C2)C1. The number of carbonyl (C=O) groups is 2. The molecule has 2 aromatic carbocycles. The van der Waals surface area contributed by atoms with Gasteiger partial charge in [-0.15, -0.1) is 6.58 Å². The Morgan fingerprint density at radius 2 is 1.76 bits per heavy atom. The van der Waals surface area contributed by atoms with Gasteiger partial charge in [-0.25, -0.2) is 0 Å². The smallest absolute Gasteiger partial charge is 0.251 e. The number of likely N-dealkylation sites (tertiary alicyclic amines) is 1. The van der Waals surface area contributed by atoms with Crippen LogP contribution in [-0.2, 0) is 11.3 Å². The van der Waals surface area contributed by atoms with E-state index in [4.69, 9.17) is 0 Å². The van der Waals surface area contributed by atoms with E-state index < -0.39 is 0 Å². The summed E-state index contributed by atoms with van der Waals surface area (Å²) in [7, 11) is 0. The summed E-state index contributed by atoms with van der Waals surface area (Å²) >= 11 is 0. The van der Waals surface area contributed by atoms with E-state index in [2.05, 4.69) is 53.6 Å². The minimum Gasteiger partial charge on any atom is -0.338 e. The minimum atomic E-state index is 0.0723. The average Bonchev–Trinajstić information content (AvgIpc) is 3.12. The molecule has 1 saturated heterocycles. The van der Waals surface area contributed by atoms with Crippen molar-refractivity contribution in [2.75, 3.05) is 13.1 Å². The highest BCUT2D eigenvalue weighted by atomic mass is 16.2. The molecule has 3 aliphatic rings. The van der Waals surface area contributed by atoms with E-state index in [1.165, 1.54) is 60.7 Å². The second kappa shape index (κ2) is 10.4. The van der Waals surface area contributed by atoms with Gasteiger partial charge in [-0.2, -0.15) is 0 Å². The largest absolute Gasteiger partial charge is 0.338 e. The van der Waals surface area contributed by atoms with Crippen LogP contribution in [0.3, 0.4) is 0 Å². The maximum absolute atomic E-state index is 14.0. The van der Waals surface area contributed by atoms with Crippen LogP contribution in [0.2, 0.25) is 0 Å². The van der Waals surface area contributed by atoms with Gasteiger partial charge in [0.05, 0.1) is 12.2 Å². The Morgan fingerprint density at radius 3 is 2.53 bits per heavy atom. The summed E-state index contributed by atoms with van der Waals surface area (Å²) in [6.07, 6.45) is 13.7. The molecule has 0 spiro atoms. The molecule has 3 heterocycles. The Labute approximate surface area is 226 Å². The Balaban J connectivity index is 1.55. The van der Waals surface area contributed by atoms with E-state index in [9.17, 15) is 9.59 Å². The van der Waals surface area contributed by atoms with E-state index in [0.29, 0.717) is 18.4 Å². The van der Waals surface area contributed by atoms with Crippen LogP contribution in [0.15, 0.2) is 60.7 Å². The van der Waals surface area contributed by atoms with Gasteiger partial charge in [0.15, 0.2) is 5.78 Å². The summed E-state index contributed by atoms with van der Waals surface area (Å²) in [5.41, 5.74) is 7.57. The molecule has 1 atom stereocenters. The van der Waals surface area contributed by atoms with Gasteiger partial charge in [-0.1, -0.05) is 68.2 Å². The molecule has 196 valence electrons. The Morgan fingerprint density at radius 1 is 0.974 bits per heavy atom. The molecule has 38 heavy (non-hydrogen) atoms. The zero-order valence-corrected chi connectivity index (χ0v) is 22.5. The number of Topliss-reactive ketones (excluding diaryl/α,β-unsaturated/α-hetero) is 1. The van der Waals surface area contributed by atoms with Crippen LogP contribution in [0.25, 0.3) is 28.2 Å². The number of piperidine rings is 1. The van der Waals surface area contributed by atoms with E-state index in [1.54, 1.807) is 6.92 Å². The number of nitrogens with zero attached hydrogens (tertiary/aromatic N) is 2. The van der Waals surface area contributed by atoms with E-state index in [-0.39, 0.29) is 11.7 Å². The fourth-order valence-corrected chi connectivity index (χ4v) is 6.99. The van der Waals surface area contributed by atoms with Gasteiger partial charge in [0.1, 0.15) is 0 Å². The molecule has 3 aromatic rings. The number of ketones is 1. The topological polar surface area (TPSA) is 42.3 Å². The predicted molar refractivity (Wildman–Crippen MR) is 155 cm³/mol. The molecular formula is C34H38N2O2. The molecule has 0 N–H and O–H groups in total. The first-order valence-corrected chi connectivity index (χ1v) is 14.4.